The van der Waals surface area contributed by atoms with E-state index in [0.717, 1.165) is 5.56 Å². The molecule has 7 heteroatoms. The van der Waals surface area contributed by atoms with Gasteiger partial charge in [-0.05, 0) is 23.8 Å². The van der Waals surface area contributed by atoms with Crippen molar-refractivity contribution in [1.29, 1.82) is 0 Å². The van der Waals surface area contributed by atoms with E-state index in [4.69, 9.17) is 18.9 Å². The molecule has 1 aromatic heterocycles. The first-order valence-corrected chi connectivity index (χ1v) is 9.48. The Hall–Kier alpha value is -3.45. The van der Waals surface area contributed by atoms with Crippen molar-refractivity contribution in [3.05, 3.63) is 83.7 Å². The molecule has 0 saturated carbocycles. The SMILES string of the molecule is COC(=O)C1=C(C(=O)OC)C2(C(Cc3ccccc3)Oc3cccnc3)C=CC1O2. The van der Waals surface area contributed by atoms with Crippen LogP contribution in [0.1, 0.15) is 5.56 Å². The van der Waals surface area contributed by atoms with E-state index in [1.165, 1.54) is 14.2 Å². The maximum atomic E-state index is 12.8. The number of carbonyl (C=O) groups excluding carboxylic acids is 2. The lowest BCUT2D eigenvalue weighted by Gasteiger charge is -2.34. The fraction of sp³-hybridized carbons (Fsp3) is 0.261. The number of rotatable bonds is 7. The van der Waals surface area contributed by atoms with E-state index in [0.29, 0.717) is 12.2 Å². The summed E-state index contributed by atoms with van der Waals surface area (Å²) in [6.07, 6.45) is 5.78. The highest BCUT2D eigenvalue weighted by atomic mass is 16.6. The average Bonchev–Trinajstić information content (AvgIpc) is 3.37. The van der Waals surface area contributed by atoms with Crippen molar-refractivity contribution >= 4 is 11.9 Å². The first-order chi connectivity index (χ1) is 14.6. The van der Waals surface area contributed by atoms with Crippen LogP contribution in [0.15, 0.2) is 78.2 Å². The molecule has 2 aliphatic rings. The molecule has 0 amide bonds. The van der Waals surface area contributed by atoms with Crippen LogP contribution in [0.3, 0.4) is 0 Å². The topological polar surface area (TPSA) is 84.0 Å². The van der Waals surface area contributed by atoms with Gasteiger partial charge in [0.25, 0.3) is 0 Å². The Bertz CT molecular complexity index is 959. The van der Waals surface area contributed by atoms with Gasteiger partial charge in [0.15, 0.2) is 5.60 Å². The molecule has 3 unspecified atom stereocenters. The van der Waals surface area contributed by atoms with Gasteiger partial charge >= 0.3 is 11.9 Å². The summed E-state index contributed by atoms with van der Waals surface area (Å²) in [5.74, 6) is -0.773. The molecule has 2 aliphatic heterocycles. The molecule has 2 bridgehead atoms. The number of ether oxygens (including phenoxy) is 4. The number of carbonyl (C=O) groups is 2. The van der Waals surface area contributed by atoms with Crippen molar-refractivity contribution in [2.75, 3.05) is 14.2 Å². The normalized spacial score (nSPS) is 22.7. The third-order valence-corrected chi connectivity index (χ3v) is 5.24. The molecule has 0 N–H and O–H groups in total. The molecule has 0 radical (unpaired) electrons. The number of pyridine rings is 1. The second-order valence-corrected chi connectivity index (χ2v) is 6.95. The number of hydrogen-bond donors (Lipinski definition) is 0. The standard InChI is InChI=1S/C23H21NO6/c1-27-21(25)19-17-10-11-23(30-17,20(19)22(26)28-2)18(13-15-7-4-3-5-8-15)29-16-9-6-12-24-14-16/h3-12,14,17-18H,13H2,1-2H3. The Morgan fingerprint density at radius 2 is 1.87 bits per heavy atom. The number of benzene rings is 1. The van der Waals surface area contributed by atoms with Gasteiger partial charge in [0, 0.05) is 12.6 Å². The molecule has 0 aliphatic carbocycles. The van der Waals surface area contributed by atoms with Crippen LogP contribution in [0, 0.1) is 0 Å². The lowest BCUT2D eigenvalue weighted by Crippen LogP contribution is -2.48. The number of hydrogen-bond acceptors (Lipinski definition) is 7. The Kier molecular flexibility index (Phi) is 5.37. The highest BCUT2D eigenvalue weighted by molar-refractivity contribution is 6.05. The lowest BCUT2D eigenvalue weighted by atomic mass is 9.80. The molecule has 0 saturated heterocycles. The Morgan fingerprint density at radius 1 is 1.10 bits per heavy atom. The Balaban J connectivity index is 1.81. The lowest BCUT2D eigenvalue weighted by molar-refractivity contribution is -0.140. The monoisotopic (exact) mass is 407 g/mol. The highest BCUT2D eigenvalue weighted by Crippen LogP contribution is 2.47. The summed E-state index contributed by atoms with van der Waals surface area (Å²) in [6, 6.07) is 13.2. The Morgan fingerprint density at radius 3 is 2.53 bits per heavy atom. The number of nitrogens with zero attached hydrogens (tertiary/aromatic N) is 1. The van der Waals surface area contributed by atoms with Crippen LogP contribution in [0.4, 0.5) is 0 Å². The van der Waals surface area contributed by atoms with E-state index in [-0.39, 0.29) is 11.1 Å². The molecule has 30 heavy (non-hydrogen) atoms. The largest absolute Gasteiger partial charge is 0.485 e. The number of aromatic nitrogens is 1. The summed E-state index contributed by atoms with van der Waals surface area (Å²) in [5, 5.41) is 0. The molecular formula is C23H21NO6. The Labute approximate surface area is 173 Å². The first kappa shape index (κ1) is 19.8. The van der Waals surface area contributed by atoms with Crippen molar-refractivity contribution in [3.63, 3.8) is 0 Å². The molecule has 7 nitrogen and oxygen atoms in total. The summed E-state index contributed by atoms with van der Waals surface area (Å²) in [4.78, 5) is 29.3. The van der Waals surface area contributed by atoms with Crippen molar-refractivity contribution in [2.45, 2.75) is 24.2 Å². The molecule has 2 aromatic rings. The molecule has 3 heterocycles. The van der Waals surface area contributed by atoms with Gasteiger partial charge in [0.05, 0.1) is 31.6 Å². The zero-order valence-corrected chi connectivity index (χ0v) is 16.6. The number of fused-ring (bicyclic) bond motifs is 2. The predicted octanol–water partition coefficient (Wildman–Crippen LogP) is 2.42. The second kappa shape index (κ2) is 8.12. The molecule has 154 valence electrons. The number of esters is 2. The van der Waals surface area contributed by atoms with Crippen molar-refractivity contribution in [3.8, 4) is 5.75 Å². The zero-order valence-electron chi connectivity index (χ0n) is 16.6. The number of methoxy groups -OCH3 is 2. The molecule has 4 rings (SSSR count). The van der Waals surface area contributed by atoms with Crippen LogP contribution in [0.5, 0.6) is 5.75 Å². The molecule has 0 fully saturated rings. The predicted molar refractivity (Wildman–Crippen MR) is 107 cm³/mol. The van der Waals surface area contributed by atoms with Crippen LogP contribution in [0.25, 0.3) is 0 Å². The third-order valence-electron chi connectivity index (χ3n) is 5.24. The van der Waals surface area contributed by atoms with Gasteiger partial charge in [-0.2, -0.15) is 0 Å². The fourth-order valence-electron chi connectivity index (χ4n) is 3.90. The van der Waals surface area contributed by atoms with Crippen LogP contribution in [-0.4, -0.2) is 49.0 Å². The highest BCUT2D eigenvalue weighted by Gasteiger charge is 2.59. The smallest absolute Gasteiger partial charge is 0.337 e. The van der Waals surface area contributed by atoms with Crippen molar-refractivity contribution in [2.24, 2.45) is 0 Å². The minimum Gasteiger partial charge on any atom is -0.485 e. The summed E-state index contributed by atoms with van der Waals surface area (Å²) in [6.45, 7) is 0. The summed E-state index contributed by atoms with van der Waals surface area (Å²) in [7, 11) is 2.53. The van der Waals surface area contributed by atoms with E-state index in [1.807, 2.05) is 30.3 Å². The molecule has 3 atom stereocenters. The quantitative estimate of drug-likeness (QED) is 0.515. The van der Waals surface area contributed by atoms with E-state index < -0.39 is 29.7 Å². The zero-order chi connectivity index (χ0) is 21.1. The van der Waals surface area contributed by atoms with Crippen LogP contribution in [0.2, 0.25) is 0 Å². The minimum absolute atomic E-state index is 0.106. The van der Waals surface area contributed by atoms with E-state index in [1.54, 1.807) is 36.7 Å². The second-order valence-electron chi connectivity index (χ2n) is 6.95. The summed E-state index contributed by atoms with van der Waals surface area (Å²) < 4.78 is 22.4. The minimum atomic E-state index is -1.30. The maximum absolute atomic E-state index is 12.8. The van der Waals surface area contributed by atoms with Crippen LogP contribution >= 0.6 is 0 Å². The summed E-state index contributed by atoms with van der Waals surface area (Å²) >= 11 is 0. The summed E-state index contributed by atoms with van der Waals surface area (Å²) in [5.41, 5.74) is -0.0710. The van der Waals surface area contributed by atoms with Gasteiger partial charge < -0.3 is 18.9 Å². The fourth-order valence-corrected chi connectivity index (χ4v) is 3.90. The first-order valence-electron chi connectivity index (χ1n) is 9.48. The van der Waals surface area contributed by atoms with Crippen LogP contribution < -0.4 is 4.74 Å². The van der Waals surface area contributed by atoms with Gasteiger partial charge in [0.2, 0.25) is 0 Å². The third kappa shape index (κ3) is 3.37. The van der Waals surface area contributed by atoms with Gasteiger partial charge in [-0.15, -0.1) is 0 Å². The van der Waals surface area contributed by atoms with Gasteiger partial charge in [-0.3, -0.25) is 4.98 Å². The maximum Gasteiger partial charge on any atom is 0.337 e. The molecule has 0 spiro atoms. The van der Waals surface area contributed by atoms with E-state index in [9.17, 15) is 9.59 Å². The van der Waals surface area contributed by atoms with Gasteiger partial charge in [0.1, 0.15) is 18.0 Å². The van der Waals surface area contributed by atoms with Crippen molar-refractivity contribution < 1.29 is 28.5 Å². The average molecular weight is 407 g/mol. The molecule has 1 aromatic carbocycles. The van der Waals surface area contributed by atoms with E-state index in [2.05, 4.69) is 4.98 Å². The van der Waals surface area contributed by atoms with Gasteiger partial charge in [-0.25, -0.2) is 9.59 Å². The van der Waals surface area contributed by atoms with Gasteiger partial charge in [-0.1, -0.05) is 36.4 Å². The van der Waals surface area contributed by atoms with Crippen LogP contribution in [-0.2, 0) is 30.2 Å². The van der Waals surface area contributed by atoms with E-state index >= 15 is 0 Å². The van der Waals surface area contributed by atoms with Crippen molar-refractivity contribution in [1.82, 2.24) is 4.98 Å². The molecular weight excluding hydrogens is 386 g/mol.